The Hall–Kier alpha value is -3.88. The number of carbonyl (C=O) groups is 1. The second-order valence-electron chi connectivity index (χ2n) is 5.57. The lowest BCUT2D eigenvalue weighted by Gasteiger charge is -2.00. The molecule has 3 aromatic rings. The number of nitrogens with one attached hydrogen (secondary N) is 1. The van der Waals surface area contributed by atoms with E-state index in [1.54, 1.807) is 24.3 Å². The molecule has 0 atom stereocenters. The maximum Gasteiger partial charge on any atom is 0.335 e. The lowest BCUT2D eigenvalue weighted by molar-refractivity contribution is 0.0697. The molecule has 0 saturated heterocycles. The molecule has 0 saturated carbocycles. The zero-order valence-corrected chi connectivity index (χ0v) is 13.7. The number of aromatic nitrogens is 2. The van der Waals surface area contributed by atoms with E-state index in [1.165, 1.54) is 6.07 Å². The van der Waals surface area contributed by atoms with E-state index in [9.17, 15) is 4.79 Å². The maximum absolute atomic E-state index is 11.0. The van der Waals surface area contributed by atoms with Crippen LogP contribution in [0, 0.1) is 0 Å². The summed E-state index contributed by atoms with van der Waals surface area (Å²) < 4.78 is 0. The molecule has 0 aliphatic rings. The Balaban J connectivity index is 1.78. The molecule has 0 spiro atoms. The molecule has 0 bridgehead atoms. The number of nitrogens with two attached hydrogens (primary N) is 3. The number of nitrogens with zero attached hydrogens (tertiary/aromatic N) is 3. The number of carboxylic acid groups (broad SMARTS) is 1. The summed E-state index contributed by atoms with van der Waals surface area (Å²) >= 11 is 0. The van der Waals surface area contributed by atoms with Crippen LogP contribution in [-0.4, -0.2) is 33.0 Å². The number of aliphatic imine (C=N–C) groups is 2. The highest BCUT2D eigenvalue weighted by atomic mass is 16.4. The fourth-order valence-electron chi connectivity index (χ4n) is 2.45. The summed E-state index contributed by atoms with van der Waals surface area (Å²) in [6.45, 7) is 0. The molecule has 26 heavy (non-hydrogen) atoms. The summed E-state index contributed by atoms with van der Waals surface area (Å²) in [6.07, 6.45) is 0.560. The Labute approximate surface area is 148 Å². The largest absolute Gasteiger partial charge is 0.478 e. The van der Waals surface area contributed by atoms with Crippen LogP contribution in [0.25, 0.3) is 11.0 Å². The summed E-state index contributed by atoms with van der Waals surface area (Å²) in [5, 5.41) is 9.05. The molecule has 0 aliphatic carbocycles. The molecule has 0 amide bonds. The summed E-state index contributed by atoms with van der Waals surface area (Å²) in [5.74, 6) is -0.416. The number of carboxylic acids is 1. The van der Waals surface area contributed by atoms with Crippen LogP contribution in [0.3, 0.4) is 0 Å². The predicted molar refractivity (Wildman–Crippen MR) is 99.4 cm³/mol. The first-order valence-corrected chi connectivity index (χ1v) is 7.65. The highest BCUT2D eigenvalue weighted by molar-refractivity contribution is 5.93. The molecule has 2 aromatic carbocycles. The molecule has 132 valence electrons. The average Bonchev–Trinajstić information content (AvgIpc) is 2.97. The van der Waals surface area contributed by atoms with Crippen molar-refractivity contribution in [3.05, 3.63) is 59.4 Å². The van der Waals surface area contributed by atoms with Crippen molar-refractivity contribution in [2.45, 2.75) is 6.42 Å². The van der Waals surface area contributed by atoms with Crippen LogP contribution < -0.4 is 17.2 Å². The quantitative estimate of drug-likeness (QED) is 0.348. The van der Waals surface area contributed by atoms with E-state index >= 15 is 0 Å². The number of guanidine groups is 2. The summed E-state index contributed by atoms with van der Waals surface area (Å²) in [5.41, 5.74) is 19.3. The number of aromatic amines is 1. The van der Waals surface area contributed by atoms with Gasteiger partial charge >= 0.3 is 5.97 Å². The molecule has 0 radical (unpaired) electrons. The van der Waals surface area contributed by atoms with Crippen molar-refractivity contribution < 1.29 is 9.90 Å². The van der Waals surface area contributed by atoms with Gasteiger partial charge in [0, 0.05) is 6.42 Å². The number of H-pyrrole nitrogens is 1. The summed E-state index contributed by atoms with van der Waals surface area (Å²) in [4.78, 5) is 26.4. The number of fused-ring (bicyclic) bond motifs is 1. The van der Waals surface area contributed by atoms with E-state index in [1.807, 2.05) is 12.1 Å². The first-order valence-electron chi connectivity index (χ1n) is 7.65. The van der Waals surface area contributed by atoms with Gasteiger partial charge in [0.1, 0.15) is 5.82 Å². The van der Waals surface area contributed by atoms with Gasteiger partial charge in [-0.05, 0) is 35.9 Å². The van der Waals surface area contributed by atoms with Crippen LogP contribution in [-0.2, 0) is 6.42 Å². The number of rotatable bonds is 4. The average molecular weight is 351 g/mol. The van der Waals surface area contributed by atoms with Crippen LogP contribution in [0.5, 0.6) is 0 Å². The fraction of sp³-hybridized carbons (Fsp3) is 0.0588. The fourth-order valence-corrected chi connectivity index (χ4v) is 2.45. The van der Waals surface area contributed by atoms with Crippen molar-refractivity contribution in [2.75, 3.05) is 0 Å². The van der Waals surface area contributed by atoms with E-state index in [0.29, 0.717) is 17.6 Å². The minimum atomic E-state index is -0.973. The van der Waals surface area contributed by atoms with Crippen LogP contribution in [0.15, 0.2) is 52.4 Å². The molecule has 0 aliphatic heterocycles. The molecule has 9 heteroatoms. The lowest BCUT2D eigenvalue weighted by atomic mass is 10.1. The number of benzene rings is 2. The topological polar surface area (TPSA) is 169 Å². The van der Waals surface area contributed by atoms with Gasteiger partial charge in [-0.25, -0.2) is 14.8 Å². The molecular formula is C17H17N7O2. The van der Waals surface area contributed by atoms with E-state index in [0.717, 1.165) is 16.9 Å². The first kappa shape index (κ1) is 17.0. The van der Waals surface area contributed by atoms with Gasteiger partial charge in [-0.3, -0.25) is 0 Å². The first-order chi connectivity index (χ1) is 12.4. The maximum atomic E-state index is 11.0. The predicted octanol–water partition coefficient (Wildman–Crippen LogP) is 1.07. The SMILES string of the molecule is NC(N)=NC(N)=Nc1ccc(Cc2nc3ccc(C(=O)O)cc3[nH]2)cc1. The van der Waals surface area contributed by atoms with Crippen molar-refractivity contribution >= 4 is 34.6 Å². The van der Waals surface area contributed by atoms with E-state index in [2.05, 4.69) is 20.0 Å². The normalized spacial score (nSPS) is 11.5. The number of aromatic carboxylic acids is 1. The Morgan fingerprint density at radius 3 is 2.50 bits per heavy atom. The van der Waals surface area contributed by atoms with Crippen molar-refractivity contribution in [1.29, 1.82) is 0 Å². The monoisotopic (exact) mass is 351 g/mol. The minimum absolute atomic E-state index is 0.0238. The van der Waals surface area contributed by atoms with Gasteiger partial charge in [0.15, 0.2) is 5.96 Å². The van der Waals surface area contributed by atoms with Gasteiger partial charge in [-0.15, -0.1) is 0 Å². The van der Waals surface area contributed by atoms with Crippen LogP contribution in [0.4, 0.5) is 5.69 Å². The van der Waals surface area contributed by atoms with Gasteiger partial charge in [0.2, 0.25) is 5.96 Å². The summed E-state index contributed by atoms with van der Waals surface area (Å²) in [7, 11) is 0. The van der Waals surface area contributed by atoms with Crippen molar-refractivity contribution in [1.82, 2.24) is 9.97 Å². The third-order valence-corrected chi connectivity index (χ3v) is 3.57. The lowest BCUT2D eigenvalue weighted by Crippen LogP contribution is -2.26. The van der Waals surface area contributed by atoms with Crippen molar-refractivity contribution in [2.24, 2.45) is 27.2 Å². The second kappa shape index (κ2) is 6.93. The van der Waals surface area contributed by atoms with Crippen molar-refractivity contribution in [3.8, 4) is 0 Å². The smallest absolute Gasteiger partial charge is 0.335 e. The Morgan fingerprint density at radius 2 is 1.85 bits per heavy atom. The second-order valence-corrected chi connectivity index (χ2v) is 5.57. The molecule has 0 fully saturated rings. The van der Waals surface area contributed by atoms with E-state index in [-0.39, 0.29) is 17.5 Å². The van der Waals surface area contributed by atoms with Gasteiger partial charge in [0.05, 0.1) is 22.3 Å². The third kappa shape index (κ3) is 3.96. The van der Waals surface area contributed by atoms with Crippen LogP contribution >= 0.6 is 0 Å². The van der Waals surface area contributed by atoms with E-state index in [4.69, 9.17) is 22.3 Å². The minimum Gasteiger partial charge on any atom is -0.478 e. The number of imidazole rings is 1. The number of hydrogen-bond acceptors (Lipinski definition) is 3. The third-order valence-electron chi connectivity index (χ3n) is 3.57. The molecule has 9 nitrogen and oxygen atoms in total. The van der Waals surface area contributed by atoms with Crippen LogP contribution in [0.1, 0.15) is 21.7 Å². The van der Waals surface area contributed by atoms with Gasteiger partial charge in [-0.1, -0.05) is 12.1 Å². The number of hydrogen-bond donors (Lipinski definition) is 5. The highest BCUT2D eigenvalue weighted by Crippen LogP contribution is 2.18. The standard InChI is InChI=1S/C17H17N7O2/c18-16(19)24-17(20)21-11-4-1-9(2-5-11)7-14-22-12-6-3-10(15(25)26)8-13(12)23-14/h1-6,8H,7H2,(H,22,23)(H,25,26)(H6,18,19,20,21,24). The zero-order chi connectivity index (χ0) is 18.7. The zero-order valence-electron chi connectivity index (χ0n) is 13.7. The molecule has 1 heterocycles. The van der Waals surface area contributed by atoms with Gasteiger partial charge < -0.3 is 27.3 Å². The highest BCUT2D eigenvalue weighted by Gasteiger charge is 2.08. The summed E-state index contributed by atoms with van der Waals surface area (Å²) in [6, 6.07) is 12.1. The Bertz CT molecular complexity index is 1020. The molecular weight excluding hydrogens is 334 g/mol. The van der Waals surface area contributed by atoms with Gasteiger partial charge in [0.25, 0.3) is 0 Å². The Kier molecular flexibility index (Phi) is 4.52. The van der Waals surface area contributed by atoms with E-state index < -0.39 is 5.97 Å². The molecule has 3 rings (SSSR count). The van der Waals surface area contributed by atoms with Crippen LogP contribution in [0.2, 0.25) is 0 Å². The molecule has 1 aromatic heterocycles. The molecule has 8 N–H and O–H groups in total. The molecule has 0 unspecified atom stereocenters. The Morgan fingerprint density at radius 1 is 1.12 bits per heavy atom. The van der Waals surface area contributed by atoms with Gasteiger partial charge in [-0.2, -0.15) is 4.99 Å². The van der Waals surface area contributed by atoms with Crippen molar-refractivity contribution in [3.63, 3.8) is 0 Å².